The Hall–Kier alpha value is -1.43. The fourth-order valence-corrected chi connectivity index (χ4v) is 2.06. The number of hydrogen-bond acceptors (Lipinski definition) is 4. The Bertz CT molecular complexity index is 435. The molecule has 2 rings (SSSR count). The lowest BCUT2D eigenvalue weighted by Gasteiger charge is -2.17. The van der Waals surface area contributed by atoms with E-state index in [-0.39, 0.29) is 0 Å². The Labute approximate surface area is 105 Å². The fourth-order valence-electron chi connectivity index (χ4n) is 2.06. The first-order valence-electron chi connectivity index (χ1n) is 5.90. The highest BCUT2D eigenvalue weighted by Crippen LogP contribution is 2.15. The van der Waals surface area contributed by atoms with Crippen molar-refractivity contribution in [3.8, 4) is 0 Å². The van der Waals surface area contributed by atoms with E-state index >= 15 is 0 Å². The molecule has 0 spiro atoms. The molecule has 0 aliphatic carbocycles. The number of aliphatic hydroxyl groups is 1. The molecule has 3 N–H and O–H groups in total. The molecule has 1 aliphatic rings. The maximum atomic E-state index is 10.8. The van der Waals surface area contributed by atoms with E-state index in [1.54, 1.807) is 0 Å². The Morgan fingerprint density at radius 3 is 2.83 bits per heavy atom. The lowest BCUT2D eigenvalue weighted by Crippen LogP contribution is -2.40. The third-order valence-electron chi connectivity index (χ3n) is 3.24. The summed E-state index contributed by atoms with van der Waals surface area (Å²) >= 11 is 0. The van der Waals surface area contributed by atoms with Gasteiger partial charge in [-0.1, -0.05) is 24.3 Å². The van der Waals surface area contributed by atoms with Gasteiger partial charge in [-0.25, -0.2) is 0 Å². The molecule has 1 aromatic carbocycles. The molecule has 0 radical (unpaired) electrons. The first-order chi connectivity index (χ1) is 8.59. The zero-order valence-corrected chi connectivity index (χ0v) is 10.2. The third-order valence-corrected chi connectivity index (χ3v) is 3.24. The van der Waals surface area contributed by atoms with Crippen molar-refractivity contribution in [1.82, 2.24) is 5.32 Å². The topological polar surface area (TPSA) is 78.8 Å². The minimum atomic E-state index is -1.05. The largest absolute Gasteiger partial charge is 0.480 e. The van der Waals surface area contributed by atoms with Crippen molar-refractivity contribution in [3.63, 3.8) is 0 Å². The highest BCUT2D eigenvalue weighted by atomic mass is 16.5. The van der Waals surface area contributed by atoms with Gasteiger partial charge in [-0.15, -0.1) is 0 Å². The summed E-state index contributed by atoms with van der Waals surface area (Å²) in [5.74, 6) is -1.05. The van der Waals surface area contributed by atoms with Crippen LogP contribution in [0, 0.1) is 6.92 Å². The summed E-state index contributed by atoms with van der Waals surface area (Å²) in [4.78, 5) is 10.8. The quantitative estimate of drug-likeness (QED) is 0.717. The molecule has 1 fully saturated rings. The molecule has 0 unspecified atom stereocenters. The summed E-state index contributed by atoms with van der Waals surface area (Å²) in [5.41, 5.74) is 2.16. The Kier molecular flexibility index (Phi) is 3.96. The second-order valence-corrected chi connectivity index (χ2v) is 4.49. The van der Waals surface area contributed by atoms with Gasteiger partial charge in [-0.2, -0.15) is 0 Å². The zero-order valence-electron chi connectivity index (χ0n) is 10.2. The van der Waals surface area contributed by atoms with Crippen molar-refractivity contribution in [1.29, 1.82) is 0 Å². The summed E-state index contributed by atoms with van der Waals surface area (Å²) < 4.78 is 5.59. The molecular weight excluding hydrogens is 234 g/mol. The minimum Gasteiger partial charge on any atom is -0.480 e. The molecule has 0 saturated carbocycles. The van der Waals surface area contributed by atoms with Crippen LogP contribution >= 0.6 is 0 Å². The first kappa shape index (κ1) is 13.0. The van der Waals surface area contributed by atoms with Crippen LogP contribution in [0.5, 0.6) is 0 Å². The lowest BCUT2D eigenvalue weighted by atomic mass is 10.1. The zero-order chi connectivity index (χ0) is 13.1. The third kappa shape index (κ3) is 2.69. The normalized spacial score (nSPS) is 27.3. The molecule has 1 aliphatic heterocycles. The number of rotatable bonds is 4. The van der Waals surface area contributed by atoms with Gasteiger partial charge in [0.1, 0.15) is 12.1 Å². The van der Waals surface area contributed by atoms with Crippen LogP contribution in [-0.2, 0) is 16.1 Å². The molecule has 5 heteroatoms. The van der Waals surface area contributed by atoms with Crippen LogP contribution in [0.25, 0.3) is 0 Å². The predicted molar refractivity (Wildman–Crippen MR) is 65.2 cm³/mol. The van der Waals surface area contributed by atoms with Crippen molar-refractivity contribution in [2.45, 2.75) is 31.8 Å². The van der Waals surface area contributed by atoms with E-state index in [0.717, 1.165) is 11.1 Å². The lowest BCUT2D eigenvalue weighted by molar-refractivity contribution is -0.142. The van der Waals surface area contributed by atoms with E-state index in [2.05, 4.69) is 5.32 Å². The summed E-state index contributed by atoms with van der Waals surface area (Å²) in [6.07, 6.45) is -1.49. The molecule has 0 aromatic heterocycles. The molecule has 0 amide bonds. The smallest absolute Gasteiger partial charge is 0.323 e. The number of carboxylic acids is 1. The van der Waals surface area contributed by atoms with Crippen molar-refractivity contribution in [2.75, 3.05) is 6.54 Å². The van der Waals surface area contributed by atoms with Gasteiger partial charge in [0.15, 0.2) is 0 Å². The van der Waals surface area contributed by atoms with Gasteiger partial charge < -0.3 is 14.9 Å². The van der Waals surface area contributed by atoms with E-state index in [1.807, 2.05) is 31.2 Å². The Balaban J connectivity index is 1.92. The molecule has 18 heavy (non-hydrogen) atoms. The van der Waals surface area contributed by atoms with Gasteiger partial charge in [0.05, 0.1) is 12.7 Å². The Morgan fingerprint density at radius 2 is 2.22 bits per heavy atom. The van der Waals surface area contributed by atoms with Gasteiger partial charge in [0.2, 0.25) is 0 Å². The van der Waals surface area contributed by atoms with Gasteiger partial charge in [0, 0.05) is 6.54 Å². The molecule has 1 heterocycles. The SMILES string of the molecule is Cc1ccccc1CO[C@@H]1CN[C@H](C(=O)O)[C@H]1O. The number of ether oxygens (including phenoxy) is 1. The number of nitrogens with one attached hydrogen (secondary N) is 1. The van der Waals surface area contributed by atoms with Crippen molar-refractivity contribution < 1.29 is 19.7 Å². The van der Waals surface area contributed by atoms with Crippen LogP contribution in [-0.4, -0.2) is 41.0 Å². The molecule has 98 valence electrons. The van der Waals surface area contributed by atoms with Gasteiger partial charge >= 0.3 is 5.97 Å². The second kappa shape index (κ2) is 5.48. The average Bonchev–Trinajstić information content (AvgIpc) is 2.70. The van der Waals surface area contributed by atoms with Crippen molar-refractivity contribution >= 4 is 5.97 Å². The van der Waals surface area contributed by atoms with Gasteiger partial charge in [-0.05, 0) is 18.1 Å². The van der Waals surface area contributed by atoms with E-state index in [4.69, 9.17) is 9.84 Å². The standard InChI is InChI=1S/C13H17NO4/c1-8-4-2-3-5-9(8)7-18-10-6-14-11(12(10)15)13(16)17/h2-5,10-12,14-15H,6-7H2,1H3,(H,16,17)/t10-,11+,12+/m1/s1. The van der Waals surface area contributed by atoms with E-state index in [9.17, 15) is 9.90 Å². The molecule has 5 nitrogen and oxygen atoms in total. The van der Waals surface area contributed by atoms with Crippen LogP contribution in [0.2, 0.25) is 0 Å². The van der Waals surface area contributed by atoms with Crippen LogP contribution in [0.1, 0.15) is 11.1 Å². The summed E-state index contributed by atoms with van der Waals surface area (Å²) in [5, 5.41) is 21.4. The van der Waals surface area contributed by atoms with Crippen LogP contribution < -0.4 is 5.32 Å². The number of aliphatic hydroxyl groups excluding tert-OH is 1. The monoisotopic (exact) mass is 251 g/mol. The second-order valence-electron chi connectivity index (χ2n) is 4.49. The number of carboxylic acid groups (broad SMARTS) is 1. The highest BCUT2D eigenvalue weighted by Gasteiger charge is 2.39. The number of aryl methyl sites for hydroxylation is 1. The number of aliphatic carboxylic acids is 1. The number of benzene rings is 1. The maximum Gasteiger partial charge on any atom is 0.323 e. The van der Waals surface area contributed by atoms with Crippen LogP contribution in [0.3, 0.4) is 0 Å². The summed E-state index contributed by atoms with van der Waals surface area (Å²) in [7, 11) is 0. The first-order valence-corrected chi connectivity index (χ1v) is 5.90. The molecule has 0 bridgehead atoms. The van der Waals surface area contributed by atoms with Crippen molar-refractivity contribution in [2.24, 2.45) is 0 Å². The van der Waals surface area contributed by atoms with E-state index in [0.29, 0.717) is 13.2 Å². The predicted octanol–water partition coefficient (Wildman–Crippen LogP) is 0.298. The molecule has 3 atom stereocenters. The minimum absolute atomic E-state index is 0.351. The summed E-state index contributed by atoms with van der Waals surface area (Å²) in [6, 6.07) is 6.88. The maximum absolute atomic E-state index is 10.8. The fraction of sp³-hybridized carbons (Fsp3) is 0.462. The van der Waals surface area contributed by atoms with Crippen molar-refractivity contribution in [3.05, 3.63) is 35.4 Å². The average molecular weight is 251 g/mol. The van der Waals surface area contributed by atoms with E-state index < -0.39 is 24.2 Å². The van der Waals surface area contributed by atoms with Crippen LogP contribution in [0.15, 0.2) is 24.3 Å². The molecule has 1 aromatic rings. The highest BCUT2D eigenvalue weighted by molar-refractivity contribution is 5.74. The summed E-state index contributed by atoms with van der Waals surface area (Å²) in [6.45, 7) is 2.72. The van der Waals surface area contributed by atoms with E-state index in [1.165, 1.54) is 0 Å². The number of carbonyl (C=O) groups is 1. The number of hydrogen-bond donors (Lipinski definition) is 3. The van der Waals surface area contributed by atoms with Gasteiger partial charge in [-0.3, -0.25) is 10.1 Å². The Morgan fingerprint density at radius 1 is 1.50 bits per heavy atom. The molecular formula is C13H17NO4. The molecule has 1 saturated heterocycles. The van der Waals surface area contributed by atoms with Gasteiger partial charge in [0.25, 0.3) is 0 Å². The van der Waals surface area contributed by atoms with Crippen LogP contribution in [0.4, 0.5) is 0 Å².